The molecule has 0 aromatic carbocycles. The first kappa shape index (κ1) is 12.8. The predicted octanol–water partition coefficient (Wildman–Crippen LogP) is 1.49. The van der Waals surface area contributed by atoms with E-state index in [1.807, 2.05) is 0 Å². The van der Waals surface area contributed by atoms with E-state index in [1.165, 1.54) is 0 Å². The molecule has 0 saturated heterocycles. The van der Waals surface area contributed by atoms with Crippen LogP contribution in [0.15, 0.2) is 12.3 Å². The molecule has 2 rings (SSSR count). The van der Waals surface area contributed by atoms with Crippen molar-refractivity contribution in [3.8, 4) is 0 Å². The highest BCUT2D eigenvalue weighted by Gasteiger charge is 2.25. The minimum Gasteiger partial charge on any atom is -0.478 e. The van der Waals surface area contributed by atoms with Crippen LogP contribution in [0.1, 0.15) is 29.6 Å². The maximum absolute atomic E-state index is 12.9. The summed E-state index contributed by atoms with van der Waals surface area (Å²) >= 11 is 0. The predicted molar refractivity (Wildman–Crippen MR) is 63.0 cm³/mol. The Morgan fingerprint density at radius 1 is 1.56 bits per heavy atom. The number of nitrogens with one attached hydrogen (secondary N) is 1. The van der Waals surface area contributed by atoms with Crippen molar-refractivity contribution in [2.75, 3.05) is 11.9 Å². The van der Waals surface area contributed by atoms with E-state index in [0.717, 1.165) is 31.5 Å². The molecule has 1 heterocycles. The van der Waals surface area contributed by atoms with Gasteiger partial charge in [-0.3, -0.25) is 0 Å². The summed E-state index contributed by atoms with van der Waals surface area (Å²) in [5.74, 6) is -1.67. The van der Waals surface area contributed by atoms with E-state index >= 15 is 0 Å². The molecule has 1 aromatic heterocycles. The molecule has 6 heteroatoms. The van der Waals surface area contributed by atoms with Crippen molar-refractivity contribution < 1.29 is 19.4 Å². The summed E-state index contributed by atoms with van der Waals surface area (Å²) < 4.78 is 12.9. The summed E-state index contributed by atoms with van der Waals surface area (Å²) in [6.07, 6.45) is 3.26. The van der Waals surface area contributed by atoms with Gasteiger partial charge in [-0.1, -0.05) is 6.42 Å². The van der Waals surface area contributed by atoms with Gasteiger partial charge < -0.3 is 15.5 Å². The van der Waals surface area contributed by atoms with E-state index in [9.17, 15) is 14.3 Å². The number of hydrogen-bond acceptors (Lipinski definition) is 4. The second kappa shape index (κ2) is 5.30. The van der Waals surface area contributed by atoms with E-state index in [1.54, 1.807) is 0 Å². The highest BCUT2D eigenvalue weighted by Crippen LogP contribution is 2.26. The lowest BCUT2D eigenvalue weighted by atomic mass is 10.1. The number of halogens is 1. The number of hydrogen-bond donors (Lipinski definition) is 3. The fourth-order valence-electron chi connectivity index (χ4n) is 2.23. The van der Waals surface area contributed by atoms with E-state index in [4.69, 9.17) is 5.11 Å². The Balaban J connectivity index is 2.06. The van der Waals surface area contributed by atoms with Crippen molar-refractivity contribution in [1.82, 2.24) is 4.98 Å². The Bertz CT molecular complexity index is 453. The number of pyridine rings is 1. The number of aliphatic hydroxyl groups is 1. The van der Waals surface area contributed by atoms with Crippen LogP contribution in [0.25, 0.3) is 0 Å². The number of rotatable bonds is 4. The second-order valence-electron chi connectivity index (χ2n) is 4.49. The number of nitrogens with zero attached hydrogens (tertiary/aromatic N) is 1. The molecule has 1 fully saturated rings. The molecule has 0 amide bonds. The van der Waals surface area contributed by atoms with Crippen LogP contribution >= 0.6 is 0 Å². The summed E-state index contributed by atoms with van der Waals surface area (Å²) in [6.45, 7) is 0.445. The largest absolute Gasteiger partial charge is 0.478 e. The highest BCUT2D eigenvalue weighted by atomic mass is 19.1. The first-order chi connectivity index (χ1) is 8.58. The molecular formula is C12H15FN2O3. The van der Waals surface area contributed by atoms with Crippen LogP contribution in [0.4, 0.5) is 10.2 Å². The van der Waals surface area contributed by atoms with Crippen molar-refractivity contribution in [3.63, 3.8) is 0 Å². The van der Waals surface area contributed by atoms with Crippen molar-refractivity contribution in [2.24, 2.45) is 5.92 Å². The summed E-state index contributed by atoms with van der Waals surface area (Å²) in [6, 6.07) is 0.933. The molecule has 98 valence electrons. The van der Waals surface area contributed by atoms with Crippen molar-refractivity contribution >= 4 is 11.8 Å². The van der Waals surface area contributed by atoms with Gasteiger partial charge in [0.05, 0.1) is 12.3 Å². The van der Waals surface area contributed by atoms with E-state index < -0.39 is 11.8 Å². The third kappa shape index (κ3) is 2.76. The van der Waals surface area contributed by atoms with E-state index in [2.05, 4.69) is 10.3 Å². The fraction of sp³-hybridized carbons (Fsp3) is 0.500. The molecule has 1 saturated carbocycles. The molecule has 5 nitrogen and oxygen atoms in total. The second-order valence-corrected chi connectivity index (χ2v) is 4.49. The Kier molecular flexibility index (Phi) is 3.76. The van der Waals surface area contributed by atoms with Gasteiger partial charge in [0.2, 0.25) is 0 Å². The maximum Gasteiger partial charge on any atom is 0.339 e. The van der Waals surface area contributed by atoms with Gasteiger partial charge in [0.25, 0.3) is 0 Å². The first-order valence-corrected chi connectivity index (χ1v) is 5.88. The summed E-state index contributed by atoms with van der Waals surface area (Å²) in [5, 5.41) is 21.5. The molecule has 18 heavy (non-hydrogen) atoms. The van der Waals surface area contributed by atoms with Gasteiger partial charge in [-0.15, -0.1) is 0 Å². The smallest absolute Gasteiger partial charge is 0.339 e. The Morgan fingerprint density at radius 3 is 2.94 bits per heavy atom. The molecule has 2 atom stereocenters. The minimum atomic E-state index is -1.23. The van der Waals surface area contributed by atoms with Crippen molar-refractivity contribution in [3.05, 3.63) is 23.6 Å². The fourth-order valence-corrected chi connectivity index (χ4v) is 2.23. The number of carboxylic acids is 1. The topological polar surface area (TPSA) is 82.5 Å². The third-order valence-electron chi connectivity index (χ3n) is 3.24. The van der Waals surface area contributed by atoms with Gasteiger partial charge in [-0.25, -0.2) is 14.2 Å². The number of carbonyl (C=O) groups is 1. The van der Waals surface area contributed by atoms with Gasteiger partial charge >= 0.3 is 5.97 Å². The van der Waals surface area contributed by atoms with Crippen molar-refractivity contribution in [1.29, 1.82) is 0 Å². The summed E-state index contributed by atoms with van der Waals surface area (Å²) in [7, 11) is 0. The van der Waals surface area contributed by atoms with Crippen LogP contribution in [-0.4, -0.2) is 33.8 Å². The van der Waals surface area contributed by atoms with Gasteiger partial charge in [0.1, 0.15) is 17.2 Å². The maximum atomic E-state index is 12.9. The molecule has 1 aromatic rings. The Morgan fingerprint density at radius 2 is 2.33 bits per heavy atom. The number of aromatic nitrogens is 1. The van der Waals surface area contributed by atoms with Crippen LogP contribution in [-0.2, 0) is 0 Å². The lowest BCUT2D eigenvalue weighted by Gasteiger charge is -2.16. The quantitative estimate of drug-likeness (QED) is 0.758. The van der Waals surface area contributed by atoms with Crippen molar-refractivity contribution in [2.45, 2.75) is 25.4 Å². The van der Waals surface area contributed by atoms with Gasteiger partial charge in [0, 0.05) is 12.5 Å². The molecule has 0 bridgehead atoms. The van der Waals surface area contributed by atoms with Gasteiger partial charge in [-0.05, 0) is 18.9 Å². The number of carboxylic acid groups (broad SMARTS) is 1. The monoisotopic (exact) mass is 254 g/mol. The van der Waals surface area contributed by atoms with E-state index in [-0.39, 0.29) is 23.4 Å². The number of anilines is 1. The highest BCUT2D eigenvalue weighted by molar-refractivity contribution is 5.93. The normalized spacial score (nSPS) is 23.0. The molecule has 2 unspecified atom stereocenters. The molecule has 0 aliphatic heterocycles. The lowest BCUT2D eigenvalue weighted by molar-refractivity contribution is 0.0697. The third-order valence-corrected chi connectivity index (χ3v) is 3.24. The molecule has 1 aliphatic rings. The average Bonchev–Trinajstić information content (AvgIpc) is 2.73. The standard InChI is InChI=1S/C12H15FN2O3/c13-8-4-9(12(17)18)11(15-6-8)14-5-7-2-1-3-10(7)16/h4,6-7,10,16H,1-3,5H2,(H,14,15)(H,17,18). The SMILES string of the molecule is O=C(O)c1cc(F)cnc1NCC1CCCC1O. The van der Waals surface area contributed by atoms with E-state index in [0.29, 0.717) is 6.54 Å². The van der Waals surface area contributed by atoms with Gasteiger partial charge in [-0.2, -0.15) is 0 Å². The molecular weight excluding hydrogens is 239 g/mol. The first-order valence-electron chi connectivity index (χ1n) is 5.88. The number of aliphatic hydroxyl groups excluding tert-OH is 1. The molecule has 0 spiro atoms. The zero-order chi connectivity index (χ0) is 13.1. The zero-order valence-corrected chi connectivity index (χ0v) is 9.77. The summed E-state index contributed by atoms with van der Waals surface area (Å²) in [4.78, 5) is 14.7. The Hall–Kier alpha value is -1.69. The summed E-state index contributed by atoms with van der Waals surface area (Å²) in [5.41, 5.74) is -0.192. The Labute approximate surface area is 104 Å². The van der Waals surface area contributed by atoms with Crippen LogP contribution in [0, 0.1) is 11.7 Å². The zero-order valence-electron chi connectivity index (χ0n) is 9.77. The average molecular weight is 254 g/mol. The molecule has 1 aliphatic carbocycles. The van der Waals surface area contributed by atoms with Crippen LogP contribution in [0.5, 0.6) is 0 Å². The molecule has 3 N–H and O–H groups in total. The minimum absolute atomic E-state index is 0.0958. The van der Waals surface area contributed by atoms with Crippen LogP contribution in [0.2, 0.25) is 0 Å². The van der Waals surface area contributed by atoms with Gasteiger partial charge in [0.15, 0.2) is 0 Å². The molecule has 0 radical (unpaired) electrons. The van der Waals surface area contributed by atoms with Crippen LogP contribution < -0.4 is 5.32 Å². The van der Waals surface area contributed by atoms with Crippen LogP contribution in [0.3, 0.4) is 0 Å². The lowest BCUT2D eigenvalue weighted by Crippen LogP contribution is -2.23. The number of aromatic carboxylic acids is 1.